The van der Waals surface area contributed by atoms with E-state index in [0.717, 1.165) is 17.3 Å². The molecule has 56 valence electrons. The molecule has 0 aliphatic heterocycles. The lowest BCUT2D eigenvalue weighted by Gasteiger charge is -2.28. The van der Waals surface area contributed by atoms with Crippen LogP contribution in [0.2, 0.25) is 0 Å². The normalized spacial score (nSPS) is 63.9. The van der Waals surface area contributed by atoms with E-state index in [-0.39, 0.29) is 0 Å². The summed E-state index contributed by atoms with van der Waals surface area (Å²) in [6.07, 6.45) is 7.95. The van der Waals surface area contributed by atoms with Crippen molar-refractivity contribution in [3.05, 3.63) is 0 Å². The summed E-state index contributed by atoms with van der Waals surface area (Å²) in [5.41, 5.74) is 0.933. The highest BCUT2D eigenvalue weighted by Crippen LogP contribution is 2.71. The van der Waals surface area contributed by atoms with Crippen molar-refractivity contribution < 1.29 is 0 Å². The fraction of sp³-hybridized carbons (Fsp3) is 1.00. The minimum Gasteiger partial charge on any atom is -0.0625 e. The van der Waals surface area contributed by atoms with Gasteiger partial charge in [-0.1, -0.05) is 6.92 Å². The average molecular weight is 136 g/mol. The van der Waals surface area contributed by atoms with Crippen molar-refractivity contribution in [1.82, 2.24) is 0 Å². The Kier molecular flexibility index (Phi) is 0.810. The van der Waals surface area contributed by atoms with Crippen LogP contribution >= 0.6 is 0 Å². The summed E-state index contributed by atoms with van der Waals surface area (Å²) in [6.45, 7) is 2.45. The first-order valence-electron chi connectivity index (χ1n) is 4.78. The minimum absolute atomic E-state index is 0.933. The Balaban J connectivity index is 1.91. The summed E-state index contributed by atoms with van der Waals surface area (Å²) >= 11 is 0. The van der Waals surface area contributed by atoms with Gasteiger partial charge in [0.25, 0.3) is 0 Å². The van der Waals surface area contributed by atoms with Gasteiger partial charge in [-0.3, -0.25) is 0 Å². The van der Waals surface area contributed by atoms with E-state index in [9.17, 15) is 0 Å². The topological polar surface area (TPSA) is 0 Å². The summed E-state index contributed by atoms with van der Waals surface area (Å²) in [6, 6.07) is 0. The van der Waals surface area contributed by atoms with Crippen LogP contribution in [-0.4, -0.2) is 0 Å². The van der Waals surface area contributed by atoms with Crippen LogP contribution in [0, 0.1) is 23.2 Å². The van der Waals surface area contributed by atoms with Gasteiger partial charge in [-0.05, 0) is 55.3 Å². The van der Waals surface area contributed by atoms with Gasteiger partial charge < -0.3 is 0 Å². The Morgan fingerprint density at radius 3 is 2.80 bits per heavy atom. The van der Waals surface area contributed by atoms with E-state index in [2.05, 4.69) is 6.92 Å². The Morgan fingerprint density at radius 2 is 2.00 bits per heavy atom. The Labute approximate surface area is 63.0 Å². The molecule has 0 amide bonds. The number of hydrogen-bond acceptors (Lipinski definition) is 0. The third-order valence-electron chi connectivity index (χ3n) is 4.16. The first-order valence-corrected chi connectivity index (χ1v) is 4.78. The molecule has 3 saturated carbocycles. The SMILES string of the molecule is CC1CC2CC3CC3(C1)C2. The van der Waals surface area contributed by atoms with Crippen LogP contribution in [0.4, 0.5) is 0 Å². The number of rotatable bonds is 0. The second-order valence-corrected chi connectivity index (χ2v) is 5.11. The Bertz CT molecular complexity index is 171. The second-order valence-electron chi connectivity index (χ2n) is 5.11. The molecule has 1 spiro atoms. The van der Waals surface area contributed by atoms with E-state index >= 15 is 0 Å². The van der Waals surface area contributed by atoms with Crippen molar-refractivity contribution in [2.24, 2.45) is 23.2 Å². The molecule has 0 aromatic heterocycles. The molecule has 0 aromatic carbocycles. The number of hydrogen-bond donors (Lipinski definition) is 0. The average Bonchev–Trinajstić information content (AvgIpc) is 2.33. The van der Waals surface area contributed by atoms with Crippen molar-refractivity contribution in [1.29, 1.82) is 0 Å². The molecule has 0 saturated heterocycles. The molecule has 2 bridgehead atoms. The van der Waals surface area contributed by atoms with Crippen molar-refractivity contribution in [2.75, 3.05) is 0 Å². The lowest BCUT2D eigenvalue weighted by Crippen LogP contribution is -2.17. The van der Waals surface area contributed by atoms with Gasteiger partial charge in [-0.25, -0.2) is 0 Å². The van der Waals surface area contributed by atoms with Gasteiger partial charge in [0.15, 0.2) is 0 Å². The molecule has 4 atom stereocenters. The van der Waals surface area contributed by atoms with Gasteiger partial charge in [0.1, 0.15) is 0 Å². The zero-order valence-corrected chi connectivity index (χ0v) is 6.77. The predicted octanol–water partition coefficient (Wildman–Crippen LogP) is 2.83. The van der Waals surface area contributed by atoms with Gasteiger partial charge in [-0.15, -0.1) is 0 Å². The third-order valence-corrected chi connectivity index (χ3v) is 4.16. The molecular formula is C10H16. The molecule has 3 rings (SSSR count). The molecule has 10 heavy (non-hydrogen) atoms. The van der Waals surface area contributed by atoms with E-state index in [4.69, 9.17) is 0 Å². The highest BCUT2D eigenvalue weighted by Gasteiger charge is 2.61. The minimum atomic E-state index is 0.933. The summed E-state index contributed by atoms with van der Waals surface area (Å²) in [5, 5.41) is 0. The van der Waals surface area contributed by atoms with E-state index in [1.165, 1.54) is 5.92 Å². The summed E-state index contributed by atoms with van der Waals surface area (Å²) in [5.74, 6) is 3.41. The molecule has 0 nitrogen and oxygen atoms in total. The first kappa shape index (κ1) is 5.62. The van der Waals surface area contributed by atoms with Crippen LogP contribution < -0.4 is 0 Å². The van der Waals surface area contributed by atoms with Gasteiger partial charge >= 0.3 is 0 Å². The summed E-state index contributed by atoms with van der Waals surface area (Å²) in [7, 11) is 0. The van der Waals surface area contributed by atoms with Crippen molar-refractivity contribution in [2.45, 2.75) is 39.0 Å². The van der Waals surface area contributed by atoms with Crippen LogP contribution in [0.25, 0.3) is 0 Å². The standard InChI is InChI=1S/C10H16/c1-7-2-8-3-9-6-10(9,4-7)5-8/h7-9H,2-6H2,1H3. The zero-order valence-electron chi connectivity index (χ0n) is 6.77. The highest BCUT2D eigenvalue weighted by atomic mass is 14.7. The van der Waals surface area contributed by atoms with Crippen molar-refractivity contribution in [3.8, 4) is 0 Å². The maximum absolute atomic E-state index is 2.45. The molecule has 3 aliphatic carbocycles. The fourth-order valence-corrected chi connectivity index (χ4v) is 3.93. The van der Waals surface area contributed by atoms with Crippen LogP contribution in [-0.2, 0) is 0 Å². The molecule has 0 heteroatoms. The van der Waals surface area contributed by atoms with Crippen LogP contribution in [0.15, 0.2) is 0 Å². The van der Waals surface area contributed by atoms with Gasteiger partial charge in [-0.2, -0.15) is 0 Å². The summed E-state index contributed by atoms with van der Waals surface area (Å²) < 4.78 is 0. The smallest absolute Gasteiger partial charge is 0.0261 e. The molecule has 0 radical (unpaired) electrons. The van der Waals surface area contributed by atoms with Gasteiger partial charge in [0.05, 0.1) is 0 Å². The lowest BCUT2D eigenvalue weighted by atomic mass is 9.77. The van der Waals surface area contributed by atoms with Crippen LogP contribution in [0.1, 0.15) is 39.0 Å². The molecule has 0 heterocycles. The lowest BCUT2D eigenvalue weighted by molar-refractivity contribution is 0.230. The molecule has 3 fully saturated rings. The maximum atomic E-state index is 2.45. The van der Waals surface area contributed by atoms with Crippen molar-refractivity contribution in [3.63, 3.8) is 0 Å². The summed E-state index contributed by atoms with van der Waals surface area (Å²) in [4.78, 5) is 0. The fourth-order valence-electron chi connectivity index (χ4n) is 3.93. The second kappa shape index (κ2) is 1.44. The molecular weight excluding hydrogens is 120 g/mol. The van der Waals surface area contributed by atoms with E-state index in [1.54, 1.807) is 32.1 Å². The zero-order chi connectivity index (χ0) is 6.77. The van der Waals surface area contributed by atoms with E-state index in [0.29, 0.717) is 0 Å². The van der Waals surface area contributed by atoms with Gasteiger partial charge in [0, 0.05) is 0 Å². The van der Waals surface area contributed by atoms with E-state index < -0.39 is 0 Å². The Hall–Kier alpha value is 0. The first-order chi connectivity index (χ1) is 4.78. The largest absolute Gasteiger partial charge is 0.0625 e. The van der Waals surface area contributed by atoms with E-state index in [1.807, 2.05) is 0 Å². The highest BCUT2D eigenvalue weighted by molar-refractivity contribution is 5.11. The molecule has 3 aliphatic rings. The van der Waals surface area contributed by atoms with Crippen LogP contribution in [0.3, 0.4) is 0 Å². The quantitative estimate of drug-likeness (QED) is 0.480. The molecule has 4 unspecified atom stereocenters. The third kappa shape index (κ3) is 0.538. The van der Waals surface area contributed by atoms with Crippen LogP contribution in [0.5, 0.6) is 0 Å². The van der Waals surface area contributed by atoms with Gasteiger partial charge in [0.2, 0.25) is 0 Å². The maximum Gasteiger partial charge on any atom is -0.0261 e. The predicted molar refractivity (Wildman–Crippen MR) is 41.7 cm³/mol. The van der Waals surface area contributed by atoms with Crippen molar-refractivity contribution >= 4 is 0 Å². The Morgan fingerprint density at radius 1 is 1.10 bits per heavy atom. The monoisotopic (exact) mass is 136 g/mol. The molecule has 0 aromatic rings. The number of fused-ring (bicyclic) bond motifs is 1. The molecule has 0 N–H and O–H groups in total.